The molecule has 0 radical (unpaired) electrons. The van der Waals surface area contributed by atoms with Crippen LogP contribution in [-0.2, 0) is 11.2 Å². The molecule has 0 fully saturated rings. The maximum atomic E-state index is 11.1. The van der Waals surface area contributed by atoms with Crippen LogP contribution < -0.4 is 5.32 Å². The Kier molecular flexibility index (Phi) is 1.88. The third-order valence-electron chi connectivity index (χ3n) is 2.15. The van der Waals surface area contributed by atoms with E-state index in [9.17, 15) is 9.59 Å². The number of nitrogens with one attached hydrogen (secondary N) is 2. The Morgan fingerprint density at radius 3 is 3.00 bits per heavy atom. The molecule has 2 rings (SSSR count). The Balaban J connectivity index is 2.36. The number of amides is 1. The average molecular weight is 178 g/mol. The number of aryl methyl sites for hydroxylation is 1. The number of aldehydes is 1. The molecule has 0 saturated carbocycles. The number of carbonyl (C=O) groups excluding carboxylic acids is 2. The van der Waals surface area contributed by atoms with Gasteiger partial charge in [-0.2, -0.15) is 0 Å². The summed E-state index contributed by atoms with van der Waals surface area (Å²) in [7, 11) is 0. The standard InChI is InChI=1S/C9H10N2O2/c12-5-6-4-8-7(10-6)2-1-3-9(13)11-8/h4-5,10H,1-3H2,(H,11,13). The van der Waals surface area contributed by atoms with Crippen LogP contribution >= 0.6 is 0 Å². The molecule has 0 aliphatic carbocycles. The number of rotatable bonds is 1. The molecule has 0 aromatic carbocycles. The van der Waals surface area contributed by atoms with Crippen LogP contribution in [0.2, 0.25) is 0 Å². The number of aromatic amines is 1. The number of carbonyl (C=O) groups is 2. The Morgan fingerprint density at radius 1 is 1.38 bits per heavy atom. The minimum absolute atomic E-state index is 0.0233. The predicted molar refractivity (Wildman–Crippen MR) is 47.7 cm³/mol. The monoisotopic (exact) mass is 178 g/mol. The number of hydrogen-bond donors (Lipinski definition) is 2. The van der Waals surface area contributed by atoms with Gasteiger partial charge in [0.25, 0.3) is 0 Å². The summed E-state index contributed by atoms with van der Waals surface area (Å²) in [6.45, 7) is 0. The van der Waals surface area contributed by atoms with Crippen molar-refractivity contribution in [3.63, 3.8) is 0 Å². The van der Waals surface area contributed by atoms with Crippen LogP contribution in [0.25, 0.3) is 0 Å². The van der Waals surface area contributed by atoms with Crippen LogP contribution in [0.4, 0.5) is 5.69 Å². The lowest BCUT2D eigenvalue weighted by molar-refractivity contribution is -0.116. The molecule has 0 atom stereocenters. The summed E-state index contributed by atoms with van der Waals surface area (Å²) in [6, 6.07) is 1.67. The molecule has 68 valence electrons. The Labute approximate surface area is 75.3 Å². The Bertz CT molecular complexity index is 354. The van der Waals surface area contributed by atoms with Gasteiger partial charge in [0.1, 0.15) is 0 Å². The zero-order chi connectivity index (χ0) is 9.26. The minimum Gasteiger partial charge on any atom is -0.354 e. The van der Waals surface area contributed by atoms with Gasteiger partial charge < -0.3 is 10.3 Å². The SMILES string of the molecule is O=Cc1cc2c([nH]1)CCCC(=O)N2. The highest BCUT2D eigenvalue weighted by molar-refractivity contribution is 5.93. The first-order valence-corrected chi connectivity index (χ1v) is 4.26. The molecule has 1 amide bonds. The van der Waals surface area contributed by atoms with E-state index >= 15 is 0 Å². The van der Waals surface area contributed by atoms with Gasteiger partial charge in [-0.15, -0.1) is 0 Å². The molecule has 1 aromatic rings. The predicted octanol–water partition coefficient (Wildman–Crippen LogP) is 1.10. The number of H-pyrrole nitrogens is 1. The van der Waals surface area contributed by atoms with Crippen LogP contribution in [0.5, 0.6) is 0 Å². The lowest BCUT2D eigenvalue weighted by atomic mass is 10.2. The van der Waals surface area contributed by atoms with Gasteiger partial charge >= 0.3 is 0 Å². The van der Waals surface area contributed by atoms with E-state index < -0.39 is 0 Å². The van der Waals surface area contributed by atoms with E-state index in [0.717, 1.165) is 30.5 Å². The summed E-state index contributed by atoms with van der Waals surface area (Å²) >= 11 is 0. The largest absolute Gasteiger partial charge is 0.354 e. The van der Waals surface area contributed by atoms with Crippen molar-refractivity contribution in [3.8, 4) is 0 Å². The second-order valence-corrected chi connectivity index (χ2v) is 3.14. The van der Waals surface area contributed by atoms with Gasteiger partial charge in [-0.25, -0.2) is 0 Å². The van der Waals surface area contributed by atoms with Crippen molar-refractivity contribution in [2.45, 2.75) is 19.3 Å². The van der Waals surface area contributed by atoms with E-state index in [1.165, 1.54) is 0 Å². The first-order chi connectivity index (χ1) is 6.29. The minimum atomic E-state index is 0.0233. The van der Waals surface area contributed by atoms with Crippen molar-refractivity contribution in [3.05, 3.63) is 17.5 Å². The van der Waals surface area contributed by atoms with Gasteiger partial charge in [0.2, 0.25) is 5.91 Å². The van der Waals surface area contributed by atoms with Gasteiger partial charge in [0, 0.05) is 12.1 Å². The summed E-state index contributed by atoms with van der Waals surface area (Å²) in [6.07, 6.45) is 2.96. The van der Waals surface area contributed by atoms with Gasteiger partial charge in [-0.3, -0.25) is 9.59 Å². The topological polar surface area (TPSA) is 62.0 Å². The fourth-order valence-corrected chi connectivity index (χ4v) is 1.53. The summed E-state index contributed by atoms with van der Waals surface area (Å²) in [5.74, 6) is 0.0233. The molecule has 0 bridgehead atoms. The quantitative estimate of drug-likeness (QED) is 0.632. The van der Waals surface area contributed by atoms with E-state index in [-0.39, 0.29) is 5.91 Å². The zero-order valence-electron chi connectivity index (χ0n) is 7.09. The van der Waals surface area contributed by atoms with Gasteiger partial charge in [0.15, 0.2) is 6.29 Å². The smallest absolute Gasteiger partial charge is 0.224 e. The maximum absolute atomic E-state index is 11.1. The molecule has 1 aliphatic rings. The van der Waals surface area contributed by atoms with E-state index in [4.69, 9.17) is 0 Å². The van der Waals surface area contributed by atoms with Crippen molar-refractivity contribution in [1.82, 2.24) is 4.98 Å². The fraction of sp³-hybridized carbons (Fsp3) is 0.333. The summed E-state index contributed by atoms with van der Waals surface area (Å²) < 4.78 is 0. The van der Waals surface area contributed by atoms with Gasteiger partial charge in [-0.05, 0) is 18.9 Å². The second-order valence-electron chi connectivity index (χ2n) is 3.14. The molecule has 0 saturated heterocycles. The Hall–Kier alpha value is -1.58. The first kappa shape index (κ1) is 8.04. The lowest BCUT2D eigenvalue weighted by Crippen LogP contribution is -2.08. The second kappa shape index (κ2) is 3.05. The fourth-order valence-electron chi connectivity index (χ4n) is 1.53. The van der Waals surface area contributed by atoms with E-state index in [1.54, 1.807) is 6.07 Å². The zero-order valence-corrected chi connectivity index (χ0v) is 7.09. The molecule has 1 aliphatic heterocycles. The first-order valence-electron chi connectivity index (χ1n) is 4.26. The molecule has 13 heavy (non-hydrogen) atoms. The highest BCUT2D eigenvalue weighted by Gasteiger charge is 2.14. The highest BCUT2D eigenvalue weighted by Crippen LogP contribution is 2.21. The summed E-state index contributed by atoms with van der Waals surface area (Å²) in [4.78, 5) is 24.5. The van der Waals surface area contributed by atoms with Crippen LogP contribution in [0.15, 0.2) is 6.07 Å². The van der Waals surface area contributed by atoms with Crippen LogP contribution in [-0.4, -0.2) is 17.2 Å². The molecule has 0 unspecified atom stereocenters. The highest BCUT2D eigenvalue weighted by atomic mass is 16.1. The molecule has 2 N–H and O–H groups in total. The van der Waals surface area contributed by atoms with Crippen LogP contribution in [0.3, 0.4) is 0 Å². The number of anilines is 1. The molecule has 4 nitrogen and oxygen atoms in total. The van der Waals surface area contributed by atoms with Crippen LogP contribution in [0.1, 0.15) is 29.0 Å². The summed E-state index contributed by atoms with van der Waals surface area (Å²) in [5, 5.41) is 2.75. The lowest BCUT2D eigenvalue weighted by Gasteiger charge is -1.97. The van der Waals surface area contributed by atoms with E-state index in [2.05, 4.69) is 10.3 Å². The average Bonchev–Trinajstić information content (AvgIpc) is 2.41. The van der Waals surface area contributed by atoms with Crippen molar-refractivity contribution >= 4 is 17.9 Å². The van der Waals surface area contributed by atoms with Crippen LogP contribution in [0, 0.1) is 0 Å². The maximum Gasteiger partial charge on any atom is 0.224 e. The van der Waals surface area contributed by atoms with Crippen molar-refractivity contribution in [1.29, 1.82) is 0 Å². The molecule has 0 spiro atoms. The van der Waals surface area contributed by atoms with Crippen molar-refractivity contribution in [2.24, 2.45) is 0 Å². The molecular formula is C9H10N2O2. The normalized spacial score (nSPS) is 15.8. The van der Waals surface area contributed by atoms with Gasteiger partial charge in [0.05, 0.1) is 11.4 Å². The molecule has 2 heterocycles. The van der Waals surface area contributed by atoms with Crippen molar-refractivity contribution in [2.75, 3.05) is 5.32 Å². The number of fused-ring (bicyclic) bond motifs is 1. The molecule has 4 heteroatoms. The third-order valence-corrected chi connectivity index (χ3v) is 2.15. The molecule has 1 aromatic heterocycles. The van der Waals surface area contributed by atoms with Crippen molar-refractivity contribution < 1.29 is 9.59 Å². The third kappa shape index (κ3) is 1.47. The van der Waals surface area contributed by atoms with E-state index in [1.807, 2.05) is 0 Å². The van der Waals surface area contributed by atoms with Gasteiger partial charge in [-0.1, -0.05) is 0 Å². The Morgan fingerprint density at radius 2 is 2.23 bits per heavy atom. The molecular weight excluding hydrogens is 168 g/mol. The summed E-state index contributed by atoms with van der Waals surface area (Å²) in [5.41, 5.74) is 2.23. The van der Waals surface area contributed by atoms with E-state index in [0.29, 0.717) is 12.1 Å². The number of aromatic nitrogens is 1. The number of hydrogen-bond acceptors (Lipinski definition) is 2.